The van der Waals surface area contributed by atoms with Gasteiger partial charge < -0.3 is 14.3 Å². The van der Waals surface area contributed by atoms with Crippen molar-refractivity contribution < 1.29 is 32.2 Å². The van der Waals surface area contributed by atoms with Crippen molar-refractivity contribution in [3.63, 3.8) is 0 Å². The van der Waals surface area contributed by atoms with Crippen molar-refractivity contribution in [2.24, 2.45) is 5.92 Å². The highest BCUT2D eigenvalue weighted by Gasteiger charge is 2.38. The molecule has 1 saturated carbocycles. The molecule has 1 aromatic carbocycles. The number of hydrogen-bond donors (Lipinski definition) is 1. The van der Waals surface area contributed by atoms with Gasteiger partial charge >= 0.3 is 12.1 Å². The summed E-state index contributed by atoms with van der Waals surface area (Å²) in [6.07, 6.45) is 1.92. The number of carbonyl (C=O) groups is 1. The molecule has 164 valence electrons. The zero-order valence-corrected chi connectivity index (χ0v) is 16.6. The first kappa shape index (κ1) is 22.4. The van der Waals surface area contributed by atoms with Crippen molar-refractivity contribution >= 4 is 5.97 Å². The lowest BCUT2D eigenvalue weighted by Crippen LogP contribution is -2.38. The van der Waals surface area contributed by atoms with E-state index >= 15 is 0 Å². The summed E-state index contributed by atoms with van der Waals surface area (Å²) in [5.41, 5.74) is 1.39. The van der Waals surface area contributed by atoms with E-state index in [0.717, 1.165) is 44.2 Å². The number of rotatable bonds is 7. The Morgan fingerprint density at radius 2 is 1.83 bits per heavy atom. The molecule has 2 heterocycles. The largest absolute Gasteiger partial charge is 0.490 e. The Hall–Kier alpha value is -2.32. The Kier molecular flexibility index (Phi) is 7.55. The van der Waals surface area contributed by atoms with Crippen LogP contribution in [0.1, 0.15) is 30.6 Å². The molecule has 0 bridgehead atoms. The quantitative estimate of drug-likeness (QED) is 0.707. The van der Waals surface area contributed by atoms with Crippen LogP contribution >= 0.6 is 0 Å². The first-order valence-electron chi connectivity index (χ1n) is 10.0. The van der Waals surface area contributed by atoms with Gasteiger partial charge in [0.1, 0.15) is 5.76 Å². The lowest BCUT2D eigenvalue weighted by atomic mass is 10.0. The van der Waals surface area contributed by atoms with E-state index in [1.807, 2.05) is 6.07 Å². The molecule has 2 aromatic rings. The van der Waals surface area contributed by atoms with Crippen molar-refractivity contribution in [2.45, 2.75) is 50.6 Å². The molecule has 0 radical (unpaired) electrons. The lowest BCUT2D eigenvalue weighted by Gasteiger charge is -2.28. The summed E-state index contributed by atoms with van der Waals surface area (Å²) in [6, 6.07) is 15.3. The number of hydrogen-bond acceptors (Lipinski definition) is 4. The minimum atomic E-state index is -5.08. The van der Waals surface area contributed by atoms with Crippen LogP contribution in [0.2, 0.25) is 0 Å². The van der Waals surface area contributed by atoms with Gasteiger partial charge in [-0.25, -0.2) is 4.79 Å². The fourth-order valence-corrected chi connectivity index (χ4v) is 3.54. The lowest BCUT2D eigenvalue weighted by molar-refractivity contribution is -0.192. The minimum Gasteiger partial charge on any atom is -0.475 e. The van der Waals surface area contributed by atoms with Crippen LogP contribution in [-0.2, 0) is 22.5 Å². The van der Waals surface area contributed by atoms with Crippen LogP contribution in [0.25, 0.3) is 0 Å². The van der Waals surface area contributed by atoms with Crippen LogP contribution in [0, 0.1) is 5.92 Å². The summed E-state index contributed by atoms with van der Waals surface area (Å²) < 4.78 is 43.6. The second-order valence-electron chi connectivity index (χ2n) is 7.71. The first-order chi connectivity index (χ1) is 14.3. The molecule has 0 spiro atoms. The topological polar surface area (TPSA) is 62.9 Å². The van der Waals surface area contributed by atoms with Crippen molar-refractivity contribution in [2.75, 3.05) is 13.2 Å². The summed E-state index contributed by atoms with van der Waals surface area (Å²) in [5, 5.41) is 7.12. The van der Waals surface area contributed by atoms with Gasteiger partial charge in [0.2, 0.25) is 0 Å². The fourth-order valence-electron chi connectivity index (χ4n) is 3.54. The van der Waals surface area contributed by atoms with Crippen LogP contribution in [0.15, 0.2) is 53.1 Å². The first-order valence-corrected chi connectivity index (χ1v) is 10.0. The van der Waals surface area contributed by atoms with E-state index in [1.165, 1.54) is 18.4 Å². The number of aliphatic carboxylic acids is 1. The Morgan fingerprint density at radius 1 is 1.13 bits per heavy atom. The fraction of sp³-hybridized carbons (Fsp3) is 0.500. The highest BCUT2D eigenvalue weighted by molar-refractivity contribution is 5.73. The Labute approximate surface area is 173 Å². The van der Waals surface area contributed by atoms with E-state index in [1.54, 1.807) is 6.26 Å². The number of furan rings is 1. The molecule has 1 aliphatic carbocycles. The van der Waals surface area contributed by atoms with E-state index in [-0.39, 0.29) is 0 Å². The maximum atomic E-state index is 10.6. The number of likely N-dealkylation sites (tertiary alicyclic amines) is 1. The number of halogens is 3. The number of benzene rings is 1. The monoisotopic (exact) mass is 425 g/mol. The van der Waals surface area contributed by atoms with E-state index in [0.29, 0.717) is 12.1 Å². The van der Waals surface area contributed by atoms with E-state index < -0.39 is 12.1 Å². The molecule has 8 heteroatoms. The molecular weight excluding hydrogens is 399 g/mol. The van der Waals surface area contributed by atoms with Crippen molar-refractivity contribution in [3.05, 3.63) is 60.1 Å². The molecular formula is C22H26F3NO4. The number of carboxylic acids is 1. The van der Waals surface area contributed by atoms with Gasteiger partial charge in [-0.15, -0.1) is 0 Å². The Bertz CT molecular complexity index is 775. The van der Waals surface area contributed by atoms with Crippen molar-refractivity contribution in [1.82, 2.24) is 4.90 Å². The maximum absolute atomic E-state index is 10.6. The summed E-state index contributed by atoms with van der Waals surface area (Å²) in [6.45, 7) is 2.92. The summed E-state index contributed by atoms with van der Waals surface area (Å²) in [4.78, 5) is 11.4. The zero-order valence-electron chi connectivity index (χ0n) is 16.6. The SMILES string of the molecule is O=C(O)C(F)(F)F.c1ccc(C[C@H]2[C@H](OCC3CC3)CCN2Cc2ccco2)cc1. The molecule has 1 saturated heterocycles. The minimum absolute atomic E-state index is 0.353. The van der Waals surface area contributed by atoms with Gasteiger partial charge in [0.05, 0.1) is 18.9 Å². The average Bonchev–Trinajstić information content (AvgIpc) is 3.26. The Morgan fingerprint density at radius 3 is 2.40 bits per heavy atom. The summed E-state index contributed by atoms with van der Waals surface area (Å²) in [5.74, 6) is -0.884. The molecule has 1 aliphatic heterocycles. The van der Waals surface area contributed by atoms with Gasteiger partial charge in [0.15, 0.2) is 0 Å². The second-order valence-corrected chi connectivity index (χ2v) is 7.71. The highest BCUT2D eigenvalue weighted by Crippen LogP contribution is 2.32. The molecule has 2 aliphatic rings. The molecule has 1 N–H and O–H groups in total. The Balaban J connectivity index is 0.000000318. The molecule has 1 aromatic heterocycles. The zero-order chi connectivity index (χ0) is 21.6. The van der Waals surface area contributed by atoms with E-state index in [2.05, 4.69) is 41.3 Å². The third kappa shape index (κ3) is 6.88. The predicted octanol–water partition coefficient (Wildman–Crippen LogP) is 4.53. The molecule has 0 unspecified atom stereocenters. The smallest absolute Gasteiger partial charge is 0.475 e. The number of alkyl halides is 3. The van der Waals surface area contributed by atoms with Crippen molar-refractivity contribution in [1.29, 1.82) is 0 Å². The normalized spacial score (nSPS) is 21.8. The van der Waals surface area contributed by atoms with Gasteiger partial charge in [-0.2, -0.15) is 13.2 Å². The molecule has 5 nitrogen and oxygen atoms in total. The average molecular weight is 425 g/mol. The van der Waals surface area contributed by atoms with Gasteiger partial charge in [-0.1, -0.05) is 30.3 Å². The standard InChI is InChI=1S/C20H25NO2.C2HF3O2/c1-2-5-16(6-3-1)13-19-20(23-15-17-8-9-17)10-11-21(19)14-18-7-4-12-22-18;3-2(4,5)1(6)7/h1-7,12,17,19-20H,8-11,13-15H2;(H,6,7)/t19-,20+;/m0./s1. The molecule has 0 amide bonds. The van der Waals surface area contributed by atoms with E-state index in [4.69, 9.17) is 19.1 Å². The van der Waals surface area contributed by atoms with E-state index in [9.17, 15) is 13.2 Å². The van der Waals surface area contributed by atoms with Gasteiger partial charge in [-0.05, 0) is 49.3 Å². The third-order valence-corrected chi connectivity index (χ3v) is 5.31. The maximum Gasteiger partial charge on any atom is 0.490 e. The van der Waals surface area contributed by atoms with Crippen LogP contribution in [0.3, 0.4) is 0 Å². The van der Waals surface area contributed by atoms with Crippen LogP contribution in [-0.4, -0.2) is 47.4 Å². The van der Waals surface area contributed by atoms with Crippen LogP contribution < -0.4 is 0 Å². The molecule has 2 fully saturated rings. The second kappa shape index (κ2) is 10.1. The molecule has 4 rings (SSSR count). The number of carboxylic acid groups (broad SMARTS) is 1. The highest BCUT2D eigenvalue weighted by atomic mass is 19.4. The van der Waals surface area contributed by atoms with Gasteiger partial charge in [0.25, 0.3) is 0 Å². The number of ether oxygens (including phenoxy) is 1. The van der Waals surface area contributed by atoms with Gasteiger partial charge in [0, 0.05) is 19.2 Å². The predicted molar refractivity (Wildman–Crippen MR) is 104 cm³/mol. The number of nitrogens with zero attached hydrogens (tertiary/aromatic N) is 1. The van der Waals surface area contributed by atoms with Crippen LogP contribution in [0.5, 0.6) is 0 Å². The third-order valence-electron chi connectivity index (χ3n) is 5.31. The summed E-state index contributed by atoms with van der Waals surface area (Å²) in [7, 11) is 0. The van der Waals surface area contributed by atoms with Gasteiger partial charge in [-0.3, -0.25) is 4.90 Å². The van der Waals surface area contributed by atoms with Crippen LogP contribution in [0.4, 0.5) is 13.2 Å². The molecule has 2 atom stereocenters. The summed E-state index contributed by atoms with van der Waals surface area (Å²) >= 11 is 0. The molecule has 30 heavy (non-hydrogen) atoms. The van der Waals surface area contributed by atoms with Crippen molar-refractivity contribution in [3.8, 4) is 0 Å².